The molecule has 8 heteroatoms. The third kappa shape index (κ3) is 6.25. The topological polar surface area (TPSA) is 98.9 Å². The second kappa shape index (κ2) is 8.80. The lowest BCUT2D eigenvalue weighted by Crippen LogP contribution is -2.46. The van der Waals surface area contributed by atoms with Crippen molar-refractivity contribution in [3.8, 4) is 0 Å². The van der Waals surface area contributed by atoms with E-state index in [2.05, 4.69) is 4.74 Å². The van der Waals surface area contributed by atoms with Crippen LogP contribution in [0.1, 0.15) is 12.8 Å². The Kier molecular flexibility index (Phi) is 7.38. The molecule has 0 aromatic rings. The number of nitrogens with two attached hydrogens (primary N) is 1. The van der Waals surface area contributed by atoms with Crippen LogP contribution in [0.5, 0.6) is 0 Å². The van der Waals surface area contributed by atoms with Gasteiger partial charge in [-0.05, 0) is 0 Å². The fourth-order valence-corrected chi connectivity index (χ4v) is 2.49. The predicted molar refractivity (Wildman–Crippen MR) is 74.1 cm³/mol. The van der Waals surface area contributed by atoms with Crippen LogP contribution in [0.4, 0.5) is 0 Å². The van der Waals surface area contributed by atoms with Crippen molar-refractivity contribution < 1.29 is 23.9 Å². The van der Waals surface area contributed by atoms with Gasteiger partial charge in [-0.15, -0.1) is 0 Å². The Morgan fingerprint density at radius 2 is 2.20 bits per heavy atom. The van der Waals surface area contributed by atoms with E-state index in [4.69, 9.17) is 10.5 Å². The summed E-state index contributed by atoms with van der Waals surface area (Å²) in [5.74, 6) is 0.0516. The van der Waals surface area contributed by atoms with Gasteiger partial charge in [-0.1, -0.05) is 0 Å². The summed E-state index contributed by atoms with van der Waals surface area (Å²) in [6, 6.07) is 0. The van der Waals surface area contributed by atoms with Crippen molar-refractivity contribution >= 4 is 29.5 Å². The monoisotopic (exact) mass is 304 g/mol. The van der Waals surface area contributed by atoms with E-state index in [9.17, 15) is 14.4 Å². The summed E-state index contributed by atoms with van der Waals surface area (Å²) < 4.78 is 10.0. The van der Waals surface area contributed by atoms with Gasteiger partial charge >= 0.3 is 5.97 Å². The molecule has 0 saturated carbocycles. The summed E-state index contributed by atoms with van der Waals surface area (Å²) in [4.78, 5) is 35.4. The number of amides is 2. The van der Waals surface area contributed by atoms with Crippen molar-refractivity contribution in [2.24, 2.45) is 5.73 Å². The summed E-state index contributed by atoms with van der Waals surface area (Å²) in [6.07, 6.45) is 0.193. The van der Waals surface area contributed by atoms with Crippen LogP contribution >= 0.6 is 11.8 Å². The zero-order chi connectivity index (χ0) is 15.0. The SMILES string of the molecule is COC(=O)CC1CN(C(=O)CCSCC(N)=O)CCO1. The molecule has 1 saturated heterocycles. The molecule has 114 valence electrons. The Bertz CT molecular complexity index is 364. The fraction of sp³-hybridized carbons (Fsp3) is 0.750. The number of thioether (sulfide) groups is 1. The number of esters is 1. The van der Waals surface area contributed by atoms with Crippen LogP contribution in [-0.2, 0) is 23.9 Å². The van der Waals surface area contributed by atoms with Crippen LogP contribution in [0.15, 0.2) is 0 Å². The van der Waals surface area contributed by atoms with Gasteiger partial charge in [0.2, 0.25) is 11.8 Å². The van der Waals surface area contributed by atoms with Gasteiger partial charge < -0.3 is 20.1 Å². The highest BCUT2D eigenvalue weighted by Crippen LogP contribution is 2.12. The minimum atomic E-state index is -0.382. The average Bonchev–Trinajstić information content (AvgIpc) is 2.43. The summed E-state index contributed by atoms with van der Waals surface area (Å²) in [6.45, 7) is 1.34. The lowest BCUT2D eigenvalue weighted by Gasteiger charge is -2.32. The molecule has 0 aromatic heterocycles. The quantitative estimate of drug-likeness (QED) is 0.497. The van der Waals surface area contributed by atoms with Gasteiger partial charge in [0, 0.05) is 25.3 Å². The molecule has 1 fully saturated rings. The van der Waals surface area contributed by atoms with E-state index in [0.29, 0.717) is 31.9 Å². The fourth-order valence-electron chi connectivity index (χ4n) is 1.83. The Morgan fingerprint density at radius 1 is 1.45 bits per heavy atom. The van der Waals surface area contributed by atoms with Crippen molar-refractivity contribution in [1.29, 1.82) is 0 Å². The van der Waals surface area contributed by atoms with Gasteiger partial charge in [-0.2, -0.15) is 11.8 Å². The van der Waals surface area contributed by atoms with E-state index >= 15 is 0 Å². The largest absolute Gasteiger partial charge is 0.469 e. The zero-order valence-corrected chi connectivity index (χ0v) is 12.3. The average molecular weight is 304 g/mol. The number of nitrogens with zero attached hydrogens (tertiary/aromatic N) is 1. The number of primary amides is 1. The summed E-state index contributed by atoms with van der Waals surface area (Å²) in [5.41, 5.74) is 5.01. The van der Waals surface area contributed by atoms with Gasteiger partial charge in [0.15, 0.2) is 0 Å². The number of carbonyl (C=O) groups excluding carboxylic acids is 3. The summed E-state index contributed by atoms with van der Waals surface area (Å²) in [5, 5.41) is 0. The maximum atomic E-state index is 12.0. The Morgan fingerprint density at radius 3 is 2.85 bits per heavy atom. The molecule has 1 atom stereocenters. The van der Waals surface area contributed by atoms with E-state index in [-0.39, 0.29) is 36.1 Å². The lowest BCUT2D eigenvalue weighted by atomic mass is 10.2. The van der Waals surface area contributed by atoms with E-state index in [1.165, 1.54) is 18.9 Å². The molecule has 1 rings (SSSR count). The first-order valence-corrected chi connectivity index (χ1v) is 7.50. The van der Waals surface area contributed by atoms with E-state index in [0.717, 1.165) is 0 Å². The van der Waals surface area contributed by atoms with Crippen molar-refractivity contribution in [1.82, 2.24) is 4.90 Å². The Balaban J connectivity index is 2.29. The molecule has 1 aliphatic heterocycles. The molecule has 0 spiro atoms. The Hall–Kier alpha value is -1.28. The van der Waals surface area contributed by atoms with Crippen LogP contribution in [0.25, 0.3) is 0 Å². The number of rotatable bonds is 7. The molecule has 2 N–H and O–H groups in total. The normalized spacial score (nSPS) is 18.6. The van der Waals surface area contributed by atoms with Crippen LogP contribution in [-0.4, -0.2) is 67.1 Å². The van der Waals surface area contributed by atoms with Crippen molar-refractivity contribution in [3.63, 3.8) is 0 Å². The molecule has 1 unspecified atom stereocenters. The maximum absolute atomic E-state index is 12.0. The highest BCUT2D eigenvalue weighted by molar-refractivity contribution is 7.99. The van der Waals surface area contributed by atoms with Crippen molar-refractivity contribution in [2.75, 3.05) is 38.3 Å². The van der Waals surface area contributed by atoms with Gasteiger partial charge in [0.25, 0.3) is 0 Å². The number of hydrogen-bond acceptors (Lipinski definition) is 6. The first-order chi connectivity index (χ1) is 9.52. The smallest absolute Gasteiger partial charge is 0.308 e. The van der Waals surface area contributed by atoms with Crippen LogP contribution < -0.4 is 5.73 Å². The predicted octanol–water partition coefficient (Wildman–Crippen LogP) is -0.614. The first kappa shape index (κ1) is 16.8. The number of methoxy groups -OCH3 is 1. The molecule has 1 aliphatic rings. The second-order valence-electron chi connectivity index (χ2n) is 4.38. The van der Waals surface area contributed by atoms with E-state index in [1.54, 1.807) is 4.90 Å². The van der Waals surface area contributed by atoms with Gasteiger partial charge in [-0.3, -0.25) is 14.4 Å². The standard InChI is InChI=1S/C12H20N2O5S/c1-18-12(17)6-9-7-14(3-4-19-9)11(16)2-5-20-8-10(13)15/h9H,2-8H2,1H3,(H2,13,15). The molecule has 7 nitrogen and oxygen atoms in total. The van der Waals surface area contributed by atoms with Gasteiger partial charge in [-0.25, -0.2) is 0 Å². The maximum Gasteiger partial charge on any atom is 0.308 e. The second-order valence-corrected chi connectivity index (χ2v) is 5.49. The Labute approximate surface area is 122 Å². The minimum absolute atomic E-state index is 0.000126. The third-order valence-corrected chi connectivity index (χ3v) is 3.80. The zero-order valence-electron chi connectivity index (χ0n) is 11.5. The molecule has 0 aromatic carbocycles. The van der Waals surface area contributed by atoms with Crippen molar-refractivity contribution in [3.05, 3.63) is 0 Å². The van der Waals surface area contributed by atoms with Gasteiger partial charge in [0.05, 0.1) is 32.0 Å². The van der Waals surface area contributed by atoms with Crippen LogP contribution in [0.3, 0.4) is 0 Å². The molecule has 0 radical (unpaired) electrons. The van der Waals surface area contributed by atoms with Crippen LogP contribution in [0.2, 0.25) is 0 Å². The van der Waals surface area contributed by atoms with E-state index in [1.807, 2.05) is 0 Å². The molecule has 20 heavy (non-hydrogen) atoms. The third-order valence-electron chi connectivity index (χ3n) is 2.82. The molecule has 1 heterocycles. The molecule has 2 amide bonds. The van der Waals surface area contributed by atoms with Crippen molar-refractivity contribution in [2.45, 2.75) is 18.9 Å². The first-order valence-electron chi connectivity index (χ1n) is 6.35. The van der Waals surface area contributed by atoms with Gasteiger partial charge in [0.1, 0.15) is 0 Å². The minimum Gasteiger partial charge on any atom is -0.469 e. The molecule has 0 bridgehead atoms. The van der Waals surface area contributed by atoms with E-state index < -0.39 is 0 Å². The summed E-state index contributed by atoms with van der Waals surface area (Å²) in [7, 11) is 1.32. The van der Waals surface area contributed by atoms with Crippen LogP contribution in [0, 0.1) is 0 Å². The lowest BCUT2D eigenvalue weighted by molar-refractivity contribution is -0.149. The highest BCUT2D eigenvalue weighted by Gasteiger charge is 2.25. The number of hydrogen-bond donors (Lipinski definition) is 1. The number of ether oxygens (including phenoxy) is 2. The molecular weight excluding hydrogens is 284 g/mol. The number of morpholine rings is 1. The highest BCUT2D eigenvalue weighted by atomic mass is 32.2. The molecular formula is C12H20N2O5S. The molecule has 0 aliphatic carbocycles. The number of carbonyl (C=O) groups is 3. The summed E-state index contributed by atoms with van der Waals surface area (Å²) >= 11 is 1.34.